The third-order valence-electron chi connectivity index (χ3n) is 1.69. The van der Waals surface area contributed by atoms with E-state index in [0.717, 1.165) is 19.2 Å². The SMILES string of the molecule is [2H]C([2H])([2H])Oc1ccc(C(=O)OC)cc1[N+](=O)[O-]. The lowest BCUT2D eigenvalue weighted by atomic mass is 10.2. The Balaban J connectivity index is 3.21. The van der Waals surface area contributed by atoms with Crippen LogP contribution in [0.1, 0.15) is 14.5 Å². The van der Waals surface area contributed by atoms with Gasteiger partial charge in [0.2, 0.25) is 0 Å². The maximum Gasteiger partial charge on any atom is 0.338 e. The number of ether oxygens (including phenoxy) is 2. The zero-order valence-electron chi connectivity index (χ0n) is 10.7. The molecule has 0 radical (unpaired) electrons. The number of methoxy groups -OCH3 is 2. The molecule has 15 heavy (non-hydrogen) atoms. The fraction of sp³-hybridized carbons (Fsp3) is 0.222. The van der Waals surface area contributed by atoms with Gasteiger partial charge in [-0.3, -0.25) is 10.1 Å². The van der Waals surface area contributed by atoms with E-state index in [1.165, 1.54) is 6.07 Å². The van der Waals surface area contributed by atoms with Gasteiger partial charge < -0.3 is 9.47 Å². The molecule has 0 bridgehead atoms. The third kappa shape index (κ3) is 2.22. The molecule has 0 amide bonds. The van der Waals surface area contributed by atoms with Crippen molar-refractivity contribution in [3.63, 3.8) is 0 Å². The van der Waals surface area contributed by atoms with Crippen molar-refractivity contribution in [2.24, 2.45) is 0 Å². The summed E-state index contributed by atoms with van der Waals surface area (Å²) in [6, 6.07) is 3.11. The standard InChI is InChI=1S/C9H9NO5/c1-14-8-4-3-6(9(11)15-2)5-7(8)10(12)13/h3-5H,1-2H3/i1D3. The molecule has 0 aromatic heterocycles. The van der Waals surface area contributed by atoms with Crippen LogP contribution in [0.4, 0.5) is 5.69 Å². The maximum atomic E-state index is 11.2. The molecule has 0 fully saturated rings. The van der Waals surface area contributed by atoms with Gasteiger partial charge in [0, 0.05) is 6.07 Å². The number of carbonyl (C=O) groups excluding carboxylic acids is 1. The van der Waals surface area contributed by atoms with E-state index in [1.807, 2.05) is 0 Å². The van der Waals surface area contributed by atoms with Gasteiger partial charge in [-0.15, -0.1) is 0 Å². The molecule has 0 aliphatic rings. The summed E-state index contributed by atoms with van der Waals surface area (Å²) in [5, 5.41) is 10.8. The Hall–Kier alpha value is -2.11. The lowest BCUT2D eigenvalue weighted by Gasteiger charge is -2.03. The average molecular weight is 214 g/mol. The highest BCUT2D eigenvalue weighted by atomic mass is 16.6. The molecule has 0 aliphatic heterocycles. The van der Waals surface area contributed by atoms with Crippen molar-refractivity contribution in [1.82, 2.24) is 0 Å². The van der Waals surface area contributed by atoms with Gasteiger partial charge in [0.15, 0.2) is 5.75 Å². The van der Waals surface area contributed by atoms with Crippen molar-refractivity contribution in [1.29, 1.82) is 0 Å². The van der Waals surface area contributed by atoms with Gasteiger partial charge in [-0.1, -0.05) is 0 Å². The van der Waals surface area contributed by atoms with Gasteiger partial charge in [0.25, 0.3) is 0 Å². The summed E-state index contributed by atoms with van der Waals surface area (Å²) in [5.74, 6) is -1.20. The van der Waals surface area contributed by atoms with E-state index in [0.29, 0.717) is 0 Å². The predicted octanol–water partition coefficient (Wildman–Crippen LogP) is 1.39. The van der Waals surface area contributed by atoms with Gasteiger partial charge >= 0.3 is 11.7 Å². The molecule has 0 N–H and O–H groups in total. The zero-order chi connectivity index (χ0) is 13.9. The Morgan fingerprint density at radius 2 is 2.33 bits per heavy atom. The number of nitro groups is 1. The largest absolute Gasteiger partial charge is 0.490 e. The lowest BCUT2D eigenvalue weighted by molar-refractivity contribution is -0.385. The van der Waals surface area contributed by atoms with Crippen molar-refractivity contribution in [2.45, 2.75) is 0 Å². The molecule has 0 aliphatic carbocycles. The Labute approximate surface area is 89.8 Å². The normalized spacial score (nSPS) is 13.3. The lowest BCUT2D eigenvalue weighted by Crippen LogP contribution is -2.03. The number of benzene rings is 1. The number of rotatable bonds is 3. The van der Waals surface area contributed by atoms with Crippen molar-refractivity contribution in [2.75, 3.05) is 14.1 Å². The number of nitrogens with zero attached hydrogens (tertiary/aromatic N) is 1. The second-order valence-corrected chi connectivity index (χ2v) is 2.53. The van der Waals surface area contributed by atoms with Gasteiger partial charge in [0.1, 0.15) is 0 Å². The van der Waals surface area contributed by atoms with Crippen LogP contribution in [0.25, 0.3) is 0 Å². The van der Waals surface area contributed by atoms with Crippen LogP contribution in [0.15, 0.2) is 18.2 Å². The molecule has 80 valence electrons. The fourth-order valence-corrected chi connectivity index (χ4v) is 0.991. The van der Waals surface area contributed by atoms with Gasteiger partial charge in [0.05, 0.1) is 28.7 Å². The molecular formula is C9H9NO5. The highest BCUT2D eigenvalue weighted by Crippen LogP contribution is 2.27. The predicted molar refractivity (Wildman–Crippen MR) is 51.0 cm³/mol. The zero-order valence-corrected chi connectivity index (χ0v) is 7.72. The van der Waals surface area contributed by atoms with Gasteiger partial charge in [-0.05, 0) is 12.1 Å². The maximum absolute atomic E-state index is 11.2. The molecule has 0 saturated carbocycles. The van der Waals surface area contributed by atoms with Crippen LogP contribution in [-0.4, -0.2) is 25.0 Å². The molecule has 1 aromatic rings. The van der Waals surface area contributed by atoms with Crippen molar-refractivity contribution >= 4 is 11.7 Å². The Morgan fingerprint density at radius 3 is 2.87 bits per heavy atom. The van der Waals surface area contributed by atoms with Gasteiger partial charge in [-0.2, -0.15) is 0 Å². The van der Waals surface area contributed by atoms with Crippen LogP contribution < -0.4 is 4.74 Å². The summed E-state index contributed by atoms with van der Waals surface area (Å²) in [6.07, 6.45) is 0. The molecular weight excluding hydrogens is 202 g/mol. The molecule has 6 nitrogen and oxygen atoms in total. The Bertz CT molecular complexity index is 486. The van der Waals surface area contributed by atoms with Crippen LogP contribution >= 0.6 is 0 Å². The smallest absolute Gasteiger partial charge is 0.338 e. The first kappa shape index (κ1) is 7.22. The number of carbonyl (C=O) groups is 1. The van der Waals surface area contributed by atoms with Crippen LogP contribution in [0, 0.1) is 10.1 Å². The number of esters is 1. The minimum Gasteiger partial charge on any atom is -0.490 e. The second kappa shape index (κ2) is 4.41. The van der Waals surface area contributed by atoms with E-state index in [4.69, 9.17) is 4.11 Å². The Morgan fingerprint density at radius 1 is 1.60 bits per heavy atom. The fourth-order valence-electron chi connectivity index (χ4n) is 0.991. The number of nitro benzene ring substituents is 1. The molecule has 0 atom stereocenters. The molecule has 0 heterocycles. The molecule has 1 rings (SSSR count). The highest BCUT2D eigenvalue weighted by molar-refractivity contribution is 5.90. The highest BCUT2D eigenvalue weighted by Gasteiger charge is 2.18. The van der Waals surface area contributed by atoms with E-state index in [1.54, 1.807) is 0 Å². The van der Waals surface area contributed by atoms with Crippen LogP contribution in [0.3, 0.4) is 0 Å². The van der Waals surface area contributed by atoms with Crippen molar-refractivity contribution in [3.8, 4) is 5.75 Å². The van der Waals surface area contributed by atoms with Crippen molar-refractivity contribution in [3.05, 3.63) is 33.9 Å². The summed E-state index contributed by atoms with van der Waals surface area (Å²) >= 11 is 0. The summed E-state index contributed by atoms with van der Waals surface area (Å²) in [4.78, 5) is 21.1. The van der Waals surface area contributed by atoms with E-state index in [-0.39, 0.29) is 5.56 Å². The summed E-state index contributed by atoms with van der Waals surface area (Å²) < 4.78 is 29.5. The van der Waals surface area contributed by atoms with E-state index >= 15 is 0 Å². The first-order valence-electron chi connectivity index (χ1n) is 5.30. The van der Waals surface area contributed by atoms with Crippen LogP contribution in [0.5, 0.6) is 5.75 Å². The van der Waals surface area contributed by atoms with Crippen LogP contribution in [-0.2, 0) is 4.74 Å². The summed E-state index contributed by atoms with van der Waals surface area (Å²) in [7, 11) is -1.68. The average Bonchev–Trinajstić information content (AvgIpc) is 2.26. The van der Waals surface area contributed by atoms with E-state index in [2.05, 4.69) is 9.47 Å². The molecule has 6 heteroatoms. The first-order chi connectivity index (χ1) is 8.24. The third-order valence-corrected chi connectivity index (χ3v) is 1.69. The van der Waals surface area contributed by atoms with E-state index in [9.17, 15) is 14.9 Å². The minimum absolute atomic E-state index is 0.0675. The first-order valence-corrected chi connectivity index (χ1v) is 3.80. The molecule has 1 aromatic carbocycles. The molecule has 0 spiro atoms. The molecule has 0 unspecified atom stereocenters. The quantitative estimate of drug-likeness (QED) is 0.431. The van der Waals surface area contributed by atoms with E-state index < -0.39 is 29.4 Å². The second-order valence-electron chi connectivity index (χ2n) is 2.53. The topological polar surface area (TPSA) is 78.7 Å². The monoisotopic (exact) mass is 214 g/mol. The summed E-state index contributed by atoms with van der Waals surface area (Å²) in [5.41, 5.74) is -0.684. The number of hydrogen-bond acceptors (Lipinski definition) is 5. The van der Waals surface area contributed by atoms with Crippen LogP contribution in [0.2, 0.25) is 0 Å². The van der Waals surface area contributed by atoms with Gasteiger partial charge in [-0.25, -0.2) is 4.79 Å². The minimum atomic E-state index is -2.81. The Kier molecular flexibility index (Phi) is 2.12. The molecule has 0 saturated heterocycles. The number of hydrogen-bond donors (Lipinski definition) is 0. The summed E-state index contributed by atoms with van der Waals surface area (Å²) in [6.45, 7) is 0. The van der Waals surface area contributed by atoms with Crippen molar-refractivity contribution < 1.29 is 23.3 Å².